The Bertz CT molecular complexity index is 453. The Labute approximate surface area is 100 Å². The van der Waals surface area contributed by atoms with Crippen molar-refractivity contribution in [1.82, 2.24) is 4.98 Å². The third-order valence-corrected chi connectivity index (χ3v) is 4.48. The van der Waals surface area contributed by atoms with E-state index in [2.05, 4.69) is 4.98 Å². The molecule has 1 aromatic rings. The molecule has 0 aliphatic carbocycles. The molecule has 0 aliphatic heterocycles. The monoisotopic (exact) mass is 263 g/mol. The van der Waals surface area contributed by atoms with Gasteiger partial charge in [-0.1, -0.05) is 11.6 Å². The highest BCUT2D eigenvalue weighted by Gasteiger charge is 2.21. The Morgan fingerprint density at radius 1 is 1.50 bits per heavy atom. The molecule has 1 aromatic heterocycles. The number of rotatable bonds is 4. The number of aromatic nitrogens is 1. The van der Waals surface area contributed by atoms with Crippen LogP contribution in [0.2, 0.25) is 5.15 Å². The summed E-state index contributed by atoms with van der Waals surface area (Å²) in [5, 5.41) is 8.33. The van der Waals surface area contributed by atoms with Gasteiger partial charge in [0.25, 0.3) is 0 Å². The molecule has 1 unspecified atom stereocenters. The third-order valence-electron chi connectivity index (χ3n) is 2.21. The van der Waals surface area contributed by atoms with Gasteiger partial charge < -0.3 is 5.11 Å². The lowest BCUT2D eigenvalue weighted by Gasteiger charge is -2.09. The van der Waals surface area contributed by atoms with Gasteiger partial charge in [0.15, 0.2) is 9.84 Å². The van der Waals surface area contributed by atoms with Crippen molar-refractivity contribution in [2.45, 2.75) is 24.9 Å². The van der Waals surface area contributed by atoms with Crippen LogP contribution in [0.1, 0.15) is 18.2 Å². The first-order valence-electron chi connectivity index (χ1n) is 4.80. The molecule has 0 saturated heterocycles. The Morgan fingerprint density at radius 2 is 2.12 bits per heavy atom. The van der Waals surface area contributed by atoms with Crippen molar-refractivity contribution in [3.05, 3.63) is 28.5 Å². The number of nitrogens with zero attached hydrogens (tertiary/aromatic N) is 1. The lowest BCUT2D eigenvalue weighted by Crippen LogP contribution is -2.23. The summed E-state index contributed by atoms with van der Waals surface area (Å²) in [5.74, 6) is -0.198. The second-order valence-corrected chi connectivity index (χ2v) is 6.57. The van der Waals surface area contributed by atoms with Crippen molar-refractivity contribution in [2.24, 2.45) is 0 Å². The molecule has 4 nitrogen and oxygen atoms in total. The van der Waals surface area contributed by atoms with Crippen LogP contribution in [0.4, 0.5) is 0 Å². The number of hydrogen-bond donors (Lipinski definition) is 1. The molecule has 0 bridgehead atoms. The van der Waals surface area contributed by atoms with E-state index in [1.54, 1.807) is 12.1 Å². The average Bonchev–Trinajstić information content (AvgIpc) is 2.13. The first-order chi connectivity index (χ1) is 7.35. The fourth-order valence-electron chi connectivity index (χ4n) is 1.23. The number of aliphatic hydroxyl groups is 1. The fraction of sp³-hybridized carbons (Fsp3) is 0.500. The Balaban J connectivity index is 2.97. The molecular formula is C10H14ClNO3S. The highest BCUT2D eigenvalue weighted by molar-refractivity contribution is 7.91. The van der Waals surface area contributed by atoms with Crippen molar-refractivity contribution < 1.29 is 13.5 Å². The van der Waals surface area contributed by atoms with Gasteiger partial charge in [0.05, 0.1) is 23.3 Å². The molecule has 0 fully saturated rings. The first kappa shape index (κ1) is 13.4. The zero-order chi connectivity index (χ0) is 12.3. The second kappa shape index (κ2) is 5.12. The van der Waals surface area contributed by atoms with Crippen molar-refractivity contribution in [3.8, 4) is 0 Å². The van der Waals surface area contributed by atoms with Gasteiger partial charge in [0.1, 0.15) is 5.15 Å². The molecule has 6 heteroatoms. The molecule has 1 atom stereocenters. The number of pyridine rings is 1. The molecule has 90 valence electrons. The minimum atomic E-state index is -3.37. The molecule has 0 aliphatic rings. The van der Waals surface area contributed by atoms with Gasteiger partial charge in [-0.15, -0.1) is 0 Å². The molecule has 0 aromatic carbocycles. The highest BCUT2D eigenvalue weighted by Crippen LogP contribution is 2.14. The SMILES string of the molecule is Cc1cc(Cl)nc(CS(=O)(=O)C(C)CO)c1. The molecular weight excluding hydrogens is 250 g/mol. The molecule has 0 spiro atoms. The van der Waals surface area contributed by atoms with Gasteiger partial charge >= 0.3 is 0 Å². The van der Waals surface area contributed by atoms with Crippen LogP contribution in [0.5, 0.6) is 0 Å². The van der Waals surface area contributed by atoms with Gasteiger partial charge in [-0.3, -0.25) is 0 Å². The second-order valence-electron chi connectivity index (χ2n) is 3.76. The Morgan fingerprint density at radius 3 is 2.62 bits per heavy atom. The highest BCUT2D eigenvalue weighted by atomic mass is 35.5. The minimum absolute atomic E-state index is 0.198. The van der Waals surface area contributed by atoms with Crippen molar-refractivity contribution in [1.29, 1.82) is 0 Å². The van der Waals surface area contributed by atoms with Gasteiger partial charge in [0, 0.05) is 0 Å². The van der Waals surface area contributed by atoms with Gasteiger partial charge in [-0.2, -0.15) is 0 Å². The molecule has 0 amide bonds. The van der Waals surface area contributed by atoms with Crippen LogP contribution in [0.25, 0.3) is 0 Å². The van der Waals surface area contributed by atoms with Crippen LogP contribution in [-0.2, 0) is 15.6 Å². The maximum absolute atomic E-state index is 11.7. The zero-order valence-corrected chi connectivity index (χ0v) is 10.7. The number of sulfone groups is 1. The summed E-state index contributed by atoms with van der Waals surface area (Å²) in [6.45, 7) is 2.90. The molecule has 0 saturated carbocycles. The summed E-state index contributed by atoms with van der Waals surface area (Å²) >= 11 is 5.74. The predicted octanol–water partition coefficient (Wildman–Crippen LogP) is 1.34. The van der Waals surface area contributed by atoms with E-state index in [1.165, 1.54) is 6.92 Å². The van der Waals surface area contributed by atoms with Crippen LogP contribution in [0, 0.1) is 6.92 Å². The van der Waals surface area contributed by atoms with Crippen molar-refractivity contribution in [2.75, 3.05) is 6.61 Å². The van der Waals surface area contributed by atoms with Crippen molar-refractivity contribution in [3.63, 3.8) is 0 Å². The molecule has 0 radical (unpaired) electrons. The summed E-state index contributed by atoms with van der Waals surface area (Å²) < 4.78 is 23.4. The molecule has 1 N–H and O–H groups in total. The summed E-state index contributed by atoms with van der Waals surface area (Å²) in [6.07, 6.45) is 0. The summed E-state index contributed by atoms with van der Waals surface area (Å²) in [4.78, 5) is 3.94. The number of hydrogen-bond acceptors (Lipinski definition) is 4. The smallest absolute Gasteiger partial charge is 0.160 e. The van der Waals surface area contributed by atoms with E-state index in [-0.39, 0.29) is 17.5 Å². The number of aliphatic hydroxyl groups excluding tert-OH is 1. The summed E-state index contributed by atoms with van der Waals surface area (Å²) in [5.41, 5.74) is 1.27. The van der Waals surface area contributed by atoms with E-state index in [1.807, 2.05) is 6.92 Å². The molecule has 1 rings (SSSR count). The van der Waals surface area contributed by atoms with Crippen molar-refractivity contribution >= 4 is 21.4 Å². The lowest BCUT2D eigenvalue weighted by atomic mass is 10.2. The summed E-state index contributed by atoms with van der Waals surface area (Å²) in [7, 11) is -3.37. The van der Waals surface area contributed by atoms with E-state index in [4.69, 9.17) is 16.7 Å². The molecule has 1 heterocycles. The first-order valence-corrected chi connectivity index (χ1v) is 6.90. The van der Waals surface area contributed by atoms with Gasteiger partial charge in [0.2, 0.25) is 0 Å². The predicted molar refractivity (Wildman–Crippen MR) is 63.2 cm³/mol. The van der Waals surface area contributed by atoms with Crippen LogP contribution < -0.4 is 0 Å². The normalized spacial score (nSPS) is 13.8. The average molecular weight is 264 g/mol. The lowest BCUT2D eigenvalue weighted by molar-refractivity contribution is 0.295. The topological polar surface area (TPSA) is 67.3 Å². The largest absolute Gasteiger partial charge is 0.395 e. The van der Waals surface area contributed by atoms with E-state index in [9.17, 15) is 8.42 Å². The standard InChI is InChI=1S/C10H14ClNO3S/c1-7-3-9(12-10(11)4-7)6-16(14,15)8(2)5-13/h3-4,8,13H,5-6H2,1-2H3. The van der Waals surface area contributed by atoms with Crippen LogP contribution in [-0.4, -0.2) is 30.4 Å². The zero-order valence-electron chi connectivity index (χ0n) is 9.14. The van der Waals surface area contributed by atoms with Gasteiger partial charge in [-0.25, -0.2) is 13.4 Å². The third kappa shape index (κ3) is 3.43. The maximum atomic E-state index is 11.7. The van der Waals surface area contributed by atoms with Crippen LogP contribution in [0.15, 0.2) is 12.1 Å². The quantitative estimate of drug-likeness (QED) is 0.833. The fourth-order valence-corrected chi connectivity index (χ4v) is 2.58. The van der Waals surface area contributed by atoms with E-state index >= 15 is 0 Å². The van der Waals surface area contributed by atoms with E-state index < -0.39 is 15.1 Å². The summed E-state index contributed by atoms with van der Waals surface area (Å²) in [6, 6.07) is 3.33. The number of aryl methyl sites for hydroxylation is 1. The minimum Gasteiger partial charge on any atom is -0.395 e. The number of halogens is 1. The van der Waals surface area contributed by atoms with Gasteiger partial charge in [-0.05, 0) is 31.5 Å². The van der Waals surface area contributed by atoms with Crippen LogP contribution >= 0.6 is 11.6 Å². The molecule has 16 heavy (non-hydrogen) atoms. The van der Waals surface area contributed by atoms with E-state index in [0.29, 0.717) is 5.69 Å². The van der Waals surface area contributed by atoms with Crippen LogP contribution in [0.3, 0.4) is 0 Å². The van der Waals surface area contributed by atoms with E-state index in [0.717, 1.165) is 5.56 Å². The Hall–Kier alpha value is -0.650. The maximum Gasteiger partial charge on any atom is 0.160 e. The Kier molecular flexibility index (Phi) is 4.29.